The number of rotatable bonds is 5. The summed E-state index contributed by atoms with van der Waals surface area (Å²) in [7, 11) is 4.53. The summed E-state index contributed by atoms with van der Waals surface area (Å²) in [4.78, 5) is 12.7. The van der Waals surface area contributed by atoms with Crippen LogP contribution in [0.15, 0.2) is 66.7 Å². The molecule has 29 heavy (non-hydrogen) atoms. The van der Waals surface area contributed by atoms with E-state index in [2.05, 4.69) is 17.2 Å². The Morgan fingerprint density at radius 3 is 2.00 bits per heavy atom. The van der Waals surface area contributed by atoms with Crippen molar-refractivity contribution in [3.8, 4) is 29.1 Å². The molecular formula is C24H21NO4. The van der Waals surface area contributed by atoms with E-state index in [4.69, 9.17) is 14.2 Å². The molecule has 0 aliphatic carbocycles. The van der Waals surface area contributed by atoms with E-state index in [1.165, 1.54) is 21.3 Å². The fourth-order valence-electron chi connectivity index (χ4n) is 2.76. The third-order valence-electron chi connectivity index (χ3n) is 4.17. The summed E-state index contributed by atoms with van der Waals surface area (Å²) < 4.78 is 15.9. The van der Waals surface area contributed by atoms with Crippen LogP contribution in [-0.4, -0.2) is 27.2 Å². The van der Waals surface area contributed by atoms with Crippen LogP contribution in [0.5, 0.6) is 17.2 Å². The molecule has 0 atom stereocenters. The van der Waals surface area contributed by atoms with Crippen molar-refractivity contribution in [1.82, 2.24) is 0 Å². The number of nitrogens with one attached hydrogen (secondary N) is 1. The first-order valence-corrected chi connectivity index (χ1v) is 8.93. The zero-order valence-corrected chi connectivity index (χ0v) is 16.5. The van der Waals surface area contributed by atoms with Crippen molar-refractivity contribution >= 4 is 11.6 Å². The Bertz CT molecular complexity index is 1040. The highest BCUT2D eigenvalue weighted by Crippen LogP contribution is 2.38. The Morgan fingerprint density at radius 2 is 1.38 bits per heavy atom. The summed E-state index contributed by atoms with van der Waals surface area (Å²) in [5.41, 5.74) is 2.76. The molecule has 0 heterocycles. The highest BCUT2D eigenvalue weighted by molar-refractivity contribution is 6.05. The number of hydrogen-bond donors (Lipinski definition) is 1. The van der Waals surface area contributed by atoms with Crippen LogP contribution in [-0.2, 0) is 0 Å². The van der Waals surface area contributed by atoms with Crippen LogP contribution in [0.2, 0.25) is 0 Å². The molecule has 0 aromatic heterocycles. The first-order chi connectivity index (χ1) is 14.1. The van der Waals surface area contributed by atoms with Gasteiger partial charge in [-0.2, -0.15) is 0 Å². The van der Waals surface area contributed by atoms with Crippen molar-refractivity contribution in [3.05, 3.63) is 83.4 Å². The van der Waals surface area contributed by atoms with E-state index in [-0.39, 0.29) is 5.91 Å². The minimum Gasteiger partial charge on any atom is -0.493 e. The molecule has 0 radical (unpaired) electrons. The average Bonchev–Trinajstić information content (AvgIpc) is 2.77. The Kier molecular flexibility index (Phi) is 6.39. The Labute approximate surface area is 170 Å². The number of anilines is 1. The second-order valence-electron chi connectivity index (χ2n) is 6.06. The van der Waals surface area contributed by atoms with Crippen molar-refractivity contribution in [1.29, 1.82) is 0 Å². The van der Waals surface area contributed by atoms with Crippen LogP contribution in [0, 0.1) is 11.8 Å². The van der Waals surface area contributed by atoms with Gasteiger partial charge in [-0.1, -0.05) is 36.1 Å². The van der Waals surface area contributed by atoms with Crippen molar-refractivity contribution < 1.29 is 19.0 Å². The van der Waals surface area contributed by atoms with E-state index in [9.17, 15) is 4.79 Å². The van der Waals surface area contributed by atoms with Crippen molar-refractivity contribution in [3.63, 3.8) is 0 Å². The van der Waals surface area contributed by atoms with Gasteiger partial charge in [0.05, 0.1) is 21.3 Å². The average molecular weight is 387 g/mol. The first kappa shape index (κ1) is 19.8. The predicted molar refractivity (Wildman–Crippen MR) is 113 cm³/mol. The van der Waals surface area contributed by atoms with Gasteiger partial charge in [-0.25, -0.2) is 0 Å². The first-order valence-electron chi connectivity index (χ1n) is 8.93. The number of carbonyl (C=O) groups is 1. The third-order valence-corrected chi connectivity index (χ3v) is 4.17. The maximum absolute atomic E-state index is 12.7. The van der Waals surface area contributed by atoms with Crippen LogP contribution >= 0.6 is 0 Å². The van der Waals surface area contributed by atoms with Gasteiger partial charge in [-0.3, -0.25) is 4.79 Å². The minimum atomic E-state index is -0.294. The highest BCUT2D eigenvalue weighted by Gasteiger charge is 2.17. The summed E-state index contributed by atoms with van der Waals surface area (Å²) in [5.74, 6) is 7.19. The maximum Gasteiger partial charge on any atom is 0.255 e. The van der Waals surface area contributed by atoms with Gasteiger partial charge in [-0.05, 0) is 42.5 Å². The number of ether oxygens (including phenoxy) is 3. The van der Waals surface area contributed by atoms with E-state index in [1.807, 2.05) is 54.6 Å². The van der Waals surface area contributed by atoms with Crippen LogP contribution in [0.4, 0.5) is 5.69 Å². The standard InChI is InChI=1S/C24H21NO4/c1-27-21-15-19(16-22(28-2)23(21)29-3)24(26)25-20-11-7-10-18(14-20)13-12-17-8-5-4-6-9-17/h4-11,14-16H,1-3H3,(H,25,26). The molecule has 0 aliphatic heterocycles. The minimum absolute atomic E-state index is 0.294. The van der Waals surface area contributed by atoms with E-state index < -0.39 is 0 Å². The van der Waals surface area contributed by atoms with Gasteiger partial charge in [0, 0.05) is 22.4 Å². The number of amides is 1. The molecule has 5 heteroatoms. The molecule has 0 spiro atoms. The van der Waals surface area contributed by atoms with Crippen LogP contribution in [0.25, 0.3) is 0 Å². The number of carbonyl (C=O) groups excluding carboxylic acids is 1. The number of hydrogen-bond acceptors (Lipinski definition) is 4. The monoisotopic (exact) mass is 387 g/mol. The van der Waals surface area contributed by atoms with Gasteiger partial charge < -0.3 is 19.5 Å². The van der Waals surface area contributed by atoms with Crippen molar-refractivity contribution in [2.45, 2.75) is 0 Å². The molecule has 3 rings (SSSR count). The molecule has 0 unspecified atom stereocenters. The largest absolute Gasteiger partial charge is 0.493 e. The molecule has 0 bridgehead atoms. The fraction of sp³-hybridized carbons (Fsp3) is 0.125. The quantitative estimate of drug-likeness (QED) is 0.661. The van der Waals surface area contributed by atoms with E-state index in [0.717, 1.165) is 11.1 Å². The maximum atomic E-state index is 12.7. The molecule has 5 nitrogen and oxygen atoms in total. The molecular weight excluding hydrogens is 366 g/mol. The number of benzene rings is 3. The Morgan fingerprint density at radius 1 is 0.759 bits per heavy atom. The Hall–Kier alpha value is -3.91. The molecule has 0 aliphatic rings. The van der Waals surface area contributed by atoms with E-state index in [1.54, 1.807) is 12.1 Å². The van der Waals surface area contributed by atoms with Crippen LogP contribution in [0.1, 0.15) is 21.5 Å². The van der Waals surface area contributed by atoms with Crippen molar-refractivity contribution in [2.75, 3.05) is 26.6 Å². The molecule has 0 fully saturated rings. The van der Waals surface area contributed by atoms with Crippen molar-refractivity contribution in [2.24, 2.45) is 0 Å². The van der Waals surface area contributed by atoms with E-state index in [0.29, 0.717) is 28.5 Å². The molecule has 146 valence electrons. The van der Waals surface area contributed by atoms with Gasteiger partial charge in [0.25, 0.3) is 5.91 Å². The summed E-state index contributed by atoms with van der Waals surface area (Å²) >= 11 is 0. The Balaban J connectivity index is 1.82. The number of methoxy groups -OCH3 is 3. The van der Waals surface area contributed by atoms with E-state index >= 15 is 0 Å². The van der Waals surface area contributed by atoms with Gasteiger partial charge in [0.2, 0.25) is 5.75 Å². The molecule has 1 N–H and O–H groups in total. The van der Waals surface area contributed by atoms with Gasteiger partial charge >= 0.3 is 0 Å². The summed E-state index contributed by atoms with van der Waals surface area (Å²) in [6.45, 7) is 0. The highest BCUT2D eigenvalue weighted by atomic mass is 16.5. The zero-order valence-electron chi connectivity index (χ0n) is 16.5. The van der Waals surface area contributed by atoms with Crippen LogP contribution in [0.3, 0.4) is 0 Å². The molecule has 0 saturated carbocycles. The van der Waals surface area contributed by atoms with Crippen LogP contribution < -0.4 is 19.5 Å². The molecule has 3 aromatic carbocycles. The van der Waals surface area contributed by atoms with Gasteiger partial charge in [0.15, 0.2) is 11.5 Å². The fourth-order valence-corrected chi connectivity index (χ4v) is 2.76. The summed E-state index contributed by atoms with van der Waals surface area (Å²) in [6, 6.07) is 20.3. The lowest BCUT2D eigenvalue weighted by Gasteiger charge is -2.14. The normalized spacial score (nSPS) is 9.76. The second kappa shape index (κ2) is 9.34. The van der Waals surface area contributed by atoms with Gasteiger partial charge in [0.1, 0.15) is 0 Å². The lowest BCUT2D eigenvalue weighted by atomic mass is 10.1. The lowest BCUT2D eigenvalue weighted by molar-refractivity contribution is 0.102. The predicted octanol–water partition coefficient (Wildman–Crippen LogP) is 4.36. The lowest BCUT2D eigenvalue weighted by Crippen LogP contribution is -2.12. The third kappa shape index (κ3) is 4.88. The summed E-state index contributed by atoms with van der Waals surface area (Å²) in [5, 5.41) is 2.88. The molecule has 1 amide bonds. The zero-order chi connectivity index (χ0) is 20.6. The smallest absolute Gasteiger partial charge is 0.255 e. The second-order valence-corrected chi connectivity index (χ2v) is 6.06. The molecule has 3 aromatic rings. The SMILES string of the molecule is COc1cc(C(=O)Nc2cccc(C#Cc3ccccc3)c2)cc(OC)c1OC. The molecule has 0 saturated heterocycles. The topological polar surface area (TPSA) is 56.8 Å². The van der Waals surface area contributed by atoms with Gasteiger partial charge in [-0.15, -0.1) is 0 Å². The summed E-state index contributed by atoms with van der Waals surface area (Å²) in [6.07, 6.45) is 0.